The lowest BCUT2D eigenvalue weighted by molar-refractivity contribution is -0.145. The number of carbonyl (C=O) groups is 1. The van der Waals surface area contributed by atoms with Gasteiger partial charge in [-0.1, -0.05) is 18.9 Å². The summed E-state index contributed by atoms with van der Waals surface area (Å²) in [4.78, 5) is 17.5. The molecule has 1 aromatic rings. The Hall–Kier alpha value is -1.42. The zero-order chi connectivity index (χ0) is 13.0. The van der Waals surface area contributed by atoms with Crippen LogP contribution in [0.1, 0.15) is 31.2 Å². The molecule has 2 rings (SSSR count). The predicted octanol–water partition coefficient (Wildman–Crippen LogP) is 2.16. The van der Waals surface area contributed by atoms with Gasteiger partial charge < -0.3 is 5.11 Å². The van der Waals surface area contributed by atoms with Gasteiger partial charge in [0.25, 0.3) is 0 Å². The molecular weight excluding hydrogens is 228 g/mol. The molecule has 1 heterocycles. The predicted molar refractivity (Wildman–Crippen MR) is 69.1 cm³/mol. The molecule has 1 N–H and O–H groups in total. The van der Waals surface area contributed by atoms with Crippen molar-refractivity contribution in [3.63, 3.8) is 0 Å². The van der Waals surface area contributed by atoms with Gasteiger partial charge in [0.1, 0.15) is 0 Å². The number of aromatic nitrogens is 1. The van der Waals surface area contributed by atoms with Gasteiger partial charge in [0.15, 0.2) is 0 Å². The van der Waals surface area contributed by atoms with Gasteiger partial charge >= 0.3 is 5.97 Å². The number of carboxylic acids is 1. The largest absolute Gasteiger partial charge is 0.481 e. The first-order valence-corrected chi connectivity index (χ1v) is 6.50. The second-order valence-corrected chi connectivity index (χ2v) is 5.07. The third-order valence-corrected chi connectivity index (χ3v) is 3.77. The van der Waals surface area contributed by atoms with Gasteiger partial charge in [0.05, 0.1) is 5.92 Å². The van der Waals surface area contributed by atoms with Gasteiger partial charge in [-0.05, 0) is 31.5 Å². The van der Waals surface area contributed by atoms with Crippen LogP contribution in [0.3, 0.4) is 0 Å². The van der Waals surface area contributed by atoms with Crippen LogP contribution in [-0.2, 0) is 11.3 Å². The monoisotopic (exact) mass is 248 g/mol. The number of nitrogens with zero attached hydrogens (tertiary/aromatic N) is 2. The number of aliphatic carboxylic acids is 1. The first-order chi connectivity index (χ1) is 8.68. The van der Waals surface area contributed by atoms with E-state index in [-0.39, 0.29) is 12.0 Å². The molecule has 1 saturated carbocycles. The van der Waals surface area contributed by atoms with Crippen molar-refractivity contribution in [1.82, 2.24) is 9.88 Å². The molecule has 0 radical (unpaired) electrons. The van der Waals surface area contributed by atoms with Crippen molar-refractivity contribution in [2.24, 2.45) is 5.92 Å². The second-order valence-electron chi connectivity index (χ2n) is 5.07. The molecule has 18 heavy (non-hydrogen) atoms. The van der Waals surface area contributed by atoms with Crippen molar-refractivity contribution in [2.75, 3.05) is 7.05 Å². The molecule has 98 valence electrons. The molecule has 0 bridgehead atoms. The summed E-state index contributed by atoms with van der Waals surface area (Å²) in [6.45, 7) is 0.766. The van der Waals surface area contributed by atoms with E-state index in [1.807, 2.05) is 25.4 Å². The minimum atomic E-state index is -0.655. The maximum Gasteiger partial charge on any atom is 0.308 e. The minimum Gasteiger partial charge on any atom is -0.481 e. The van der Waals surface area contributed by atoms with Crippen molar-refractivity contribution < 1.29 is 9.90 Å². The quantitative estimate of drug-likeness (QED) is 0.887. The lowest BCUT2D eigenvalue weighted by Gasteiger charge is -2.35. The maximum atomic E-state index is 11.3. The molecule has 4 heteroatoms. The highest BCUT2D eigenvalue weighted by atomic mass is 16.4. The van der Waals surface area contributed by atoms with Crippen molar-refractivity contribution >= 4 is 5.97 Å². The van der Waals surface area contributed by atoms with E-state index in [0.717, 1.165) is 37.8 Å². The van der Waals surface area contributed by atoms with Crippen LogP contribution in [0.4, 0.5) is 0 Å². The molecule has 2 unspecified atom stereocenters. The van der Waals surface area contributed by atoms with Crippen molar-refractivity contribution in [3.8, 4) is 0 Å². The van der Waals surface area contributed by atoms with E-state index in [0.29, 0.717) is 0 Å². The van der Waals surface area contributed by atoms with Crippen LogP contribution in [-0.4, -0.2) is 34.0 Å². The Bertz CT molecular complexity index is 394. The number of carboxylic acid groups (broad SMARTS) is 1. The zero-order valence-electron chi connectivity index (χ0n) is 10.7. The van der Waals surface area contributed by atoms with Gasteiger partial charge in [-0.3, -0.25) is 14.7 Å². The topological polar surface area (TPSA) is 53.4 Å². The van der Waals surface area contributed by atoms with Crippen LogP contribution in [0.15, 0.2) is 24.5 Å². The molecule has 1 aliphatic rings. The molecule has 0 aromatic carbocycles. The maximum absolute atomic E-state index is 11.3. The van der Waals surface area contributed by atoms with Crippen molar-refractivity contribution in [1.29, 1.82) is 0 Å². The van der Waals surface area contributed by atoms with Crippen molar-refractivity contribution in [2.45, 2.75) is 38.3 Å². The molecule has 0 saturated heterocycles. The van der Waals surface area contributed by atoms with E-state index in [1.54, 1.807) is 6.20 Å². The van der Waals surface area contributed by atoms with Gasteiger partial charge in [-0.25, -0.2) is 0 Å². The highest BCUT2D eigenvalue weighted by Gasteiger charge is 2.33. The molecule has 4 nitrogen and oxygen atoms in total. The summed E-state index contributed by atoms with van der Waals surface area (Å²) in [7, 11) is 2.01. The van der Waals surface area contributed by atoms with E-state index in [4.69, 9.17) is 0 Å². The zero-order valence-corrected chi connectivity index (χ0v) is 10.7. The van der Waals surface area contributed by atoms with Crippen LogP contribution in [0.5, 0.6) is 0 Å². The Morgan fingerprint density at radius 2 is 2.28 bits per heavy atom. The molecule has 1 aliphatic carbocycles. The lowest BCUT2D eigenvalue weighted by atomic mass is 9.83. The molecule has 0 aliphatic heterocycles. The molecule has 0 amide bonds. The standard InChI is InChI=1S/C14H20N2O2/c1-16(10-11-5-4-8-15-9-11)13-7-3-2-6-12(13)14(17)18/h4-5,8-9,12-13H,2-3,6-7,10H2,1H3,(H,17,18). The molecule has 1 aromatic heterocycles. The third kappa shape index (κ3) is 3.07. The van der Waals surface area contributed by atoms with Gasteiger partial charge in [-0.2, -0.15) is 0 Å². The summed E-state index contributed by atoms with van der Waals surface area (Å²) in [5.41, 5.74) is 1.13. The lowest BCUT2D eigenvalue weighted by Crippen LogP contribution is -2.43. The summed E-state index contributed by atoms with van der Waals surface area (Å²) < 4.78 is 0. The highest BCUT2D eigenvalue weighted by Crippen LogP contribution is 2.28. The van der Waals surface area contributed by atoms with Crippen LogP contribution in [0.2, 0.25) is 0 Å². The normalized spacial score (nSPS) is 24.1. The van der Waals surface area contributed by atoms with Gasteiger partial charge in [0.2, 0.25) is 0 Å². The van der Waals surface area contributed by atoms with Crippen LogP contribution in [0, 0.1) is 5.92 Å². The Morgan fingerprint density at radius 1 is 1.50 bits per heavy atom. The number of hydrogen-bond donors (Lipinski definition) is 1. The molecule has 1 fully saturated rings. The fourth-order valence-corrected chi connectivity index (χ4v) is 2.82. The summed E-state index contributed by atoms with van der Waals surface area (Å²) in [6, 6.07) is 4.09. The summed E-state index contributed by atoms with van der Waals surface area (Å²) in [6.07, 6.45) is 7.55. The van der Waals surface area contributed by atoms with E-state index >= 15 is 0 Å². The summed E-state index contributed by atoms with van der Waals surface area (Å²) >= 11 is 0. The molecule has 0 spiro atoms. The highest BCUT2D eigenvalue weighted by molar-refractivity contribution is 5.71. The number of pyridine rings is 1. The van der Waals surface area contributed by atoms with E-state index in [1.165, 1.54) is 0 Å². The fraction of sp³-hybridized carbons (Fsp3) is 0.571. The van der Waals surface area contributed by atoms with E-state index < -0.39 is 5.97 Å². The smallest absolute Gasteiger partial charge is 0.308 e. The third-order valence-electron chi connectivity index (χ3n) is 3.77. The number of rotatable bonds is 4. The second kappa shape index (κ2) is 5.96. The average molecular weight is 248 g/mol. The number of hydrogen-bond acceptors (Lipinski definition) is 3. The first kappa shape index (κ1) is 13.0. The Labute approximate surface area is 108 Å². The van der Waals surface area contributed by atoms with Gasteiger partial charge in [-0.15, -0.1) is 0 Å². The molecule has 2 atom stereocenters. The average Bonchev–Trinajstić information content (AvgIpc) is 2.40. The Balaban J connectivity index is 2.02. The van der Waals surface area contributed by atoms with Crippen LogP contribution >= 0.6 is 0 Å². The van der Waals surface area contributed by atoms with E-state index in [2.05, 4.69) is 9.88 Å². The summed E-state index contributed by atoms with van der Waals surface area (Å²) in [5.74, 6) is -0.877. The van der Waals surface area contributed by atoms with Crippen LogP contribution < -0.4 is 0 Å². The fourth-order valence-electron chi connectivity index (χ4n) is 2.82. The Kier molecular flexibility index (Phi) is 4.31. The first-order valence-electron chi connectivity index (χ1n) is 6.50. The SMILES string of the molecule is CN(Cc1cccnc1)C1CCCCC1C(=O)O. The van der Waals surface area contributed by atoms with Gasteiger partial charge in [0, 0.05) is 25.0 Å². The summed E-state index contributed by atoms with van der Waals surface area (Å²) in [5, 5.41) is 9.28. The van der Waals surface area contributed by atoms with E-state index in [9.17, 15) is 9.90 Å². The minimum absolute atomic E-state index is 0.149. The van der Waals surface area contributed by atoms with Crippen molar-refractivity contribution in [3.05, 3.63) is 30.1 Å². The van der Waals surface area contributed by atoms with Crippen LogP contribution in [0.25, 0.3) is 0 Å². The molecular formula is C14H20N2O2. The Morgan fingerprint density at radius 3 is 2.94 bits per heavy atom.